The monoisotopic (exact) mass is 419 g/mol. The van der Waals surface area contributed by atoms with Gasteiger partial charge in [0, 0.05) is 26.3 Å². The van der Waals surface area contributed by atoms with Crippen LogP contribution >= 0.6 is 0 Å². The molecule has 0 fully saturated rings. The Kier molecular flexibility index (Phi) is 5.20. The van der Waals surface area contributed by atoms with E-state index in [1.165, 1.54) is 0 Å². The average Bonchev–Trinajstić information content (AvgIpc) is 3.12. The first kappa shape index (κ1) is 20.0. The molecule has 3 heterocycles. The Morgan fingerprint density at radius 1 is 1.20 bits per heavy atom. The minimum atomic E-state index is -1.47. The zero-order chi connectivity index (χ0) is 21.4. The summed E-state index contributed by atoms with van der Waals surface area (Å²) in [5.41, 5.74) is 5.62. The van der Waals surface area contributed by atoms with Crippen LogP contribution in [-0.4, -0.2) is 47.6 Å². The molecule has 4 rings (SSSR count). The van der Waals surface area contributed by atoms with E-state index in [0.29, 0.717) is 41.8 Å². The third kappa shape index (κ3) is 4.01. The summed E-state index contributed by atoms with van der Waals surface area (Å²) in [6.45, 7) is 3.17. The lowest BCUT2D eigenvalue weighted by Gasteiger charge is -2.27. The number of carbonyl (C=O) groups is 1. The van der Waals surface area contributed by atoms with Crippen LogP contribution in [-0.2, 0) is 11.3 Å². The molecule has 0 spiro atoms. The van der Waals surface area contributed by atoms with Crippen LogP contribution in [0.5, 0.6) is 0 Å². The number of hydrazine groups is 1. The van der Waals surface area contributed by atoms with Crippen LogP contribution < -0.4 is 21.0 Å². The van der Waals surface area contributed by atoms with E-state index in [9.17, 15) is 18.0 Å². The van der Waals surface area contributed by atoms with Gasteiger partial charge < -0.3 is 20.5 Å². The van der Waals surface area contributed by atoms with Gasteiger partial charge in [-0.3, -0.25) is 4.79 Å². The molecule has 30 heavy (non-hydrogen) atoms. The van der Waals surface area contributed by atoms with Crippen molar-refractivity contribution in [1.82, 2.24) is 20.4 Å². The third-order valence-electron chi connectivity index (χ3n) is 4.80. The van der Waals surface area contributed by atoms with Crippen molar-refractivity contribution in [2.75, 3.05) is 42.2 Å². The number of carbonyl (C=O) groups excluding carboxylic acids is 1. The fraction of sp³-hybridized carbons (Fsp3) is 0.316. The van der Waals surface area contributed by atoms with Gasteiger partial charge in [0.15, 0.2) is 23.3 Å². The minimum absolute atomic E-state index is 0.111. The summed E-state index contributed by atoms with van der Waals surface area (Å²) in [5, 5.41) is 7.61. The highest BCUT2D eigenvalue weighted by molar-refractivity contribution is 6.00. The topological polar surface area (TPSA) is 85.4 Å². The molecule has 2 aliphatic heterocycles. The molecule has 8 nitrogen and oxygen atoms in total. The van der Waals surface area contributed by atoms with Crippen molar-refractivity contribution in [2.45, 2.75) is 13.5 Å². The predicted molar refractivity (Wildman–Crippen MR) is 105 cm³/mol. The summed E-state index contributed by atoms with van der Waals surface area (Å²) in [6.07, 6.45) is 1.81. The lowest BCUT2D eigenvalue weighted by Crippen LogP contribution is -2.36. The van der Waals surface area contributed by atoms with Crippen molar-refractivity contribution < 1.29 is 18.0 Å². The molecule has 0 radical (unpaired) electrons. The van der Waals surface area contributed by atoms with Gasteiger partial charge in [0.1, 0.15) is 5.69 Å². The lowest BCUT2D eigenvalue weighted by atomic mass is 10.2. The molecule has 158 valence electrons. The molecule has 2 aromatic rings. The Morgan fingerprint density at radius 2 is 1.93 bits per heavy atom. The number of anilines is 3. The van der Waals surface area contributed by atoms with Gasteiger partial charge in [-0.05, 0) is 30.2 Å². The maximum atomic E-state index is 13.4. The second-order valence-corrected chi connectivity index (χ2v) is 7.21. The van der Waals surface area contributed by atoms with Crippen molar-refractivity contribution in [3.05, 3.63) is 52.6 Å². The van der Waals surface area contributed by atoms with Gasteiger partial charge >= 0.3 is 0 Å². The number of likely N-dealkylation sites (N-methyl/N-ethyl adjacent to an activating group) is 1. The fourth-order valence-corrected chi connectivity index (χ4v) is 3.34. The van der Waals surface area contributed by atoms with Crippen LogP contribution in [0.1, 0.15) is 11.3 Å². The number of benzene rings is 1. The van der Waals surface area contributed by atoms with Crippen LogP contribution in [0.3, 0.4) is 0 Å². The normalized spacial score (nSPS) is 15.8. The zero-order valence-electron chi connectivity index (χ0n) is 16.4. The largest absolute Gasteiger partial charge is 0.350 e. The maximum absolute atomic E-state index is 13.4. The first-order valence-electron chi connectivity index (χ1n) is 9.27. The Morgan fingerprint density at radius 3 is 2.67 bits per heavy atom. The van der Waals surface area contributed by atoms with Crippen molar-refractivity contribution >= 4 is 23.4 Å². The Labute approximate surface area is 170 Å². The first-order valence-corrected chi connectivity index (χ1v) is 9.27. The van der Waals surface area contributed by atoms with Crippen molar-refractivity contribution in [3.63, 3.8) is 0 Å². The number of fused-ring (bicyclic) bond motifs is 1. The number of nitrogens with one attached hydrogen (secondary N) is 3. The highest BCUT2D eigenvalue weighted by Crippen LogP contribution is 2.29. The molecule has 0 bridgehead atoms. The molecule has 2 aliphatic rings. The van der Waals surface area contributed by atoms with E-state index in [-0.39, 0.29) is 19.0 Å². The summed E-state index contributed by atoms with van der Waals surface area (Å²) >= 11 is 0. The molecule has 1 aromatic heterocycles. The van der Waals surface area contributed by atoms with Gasteiger partial charge in [0.05, 0.1) is 18.8 Å². The van der Waals surface area contributed by atoms with Gasteiger partial charge in [0.2, 0.25) is 11.9 Å². The van der Waals surface area contributed by atoms with E-state index >= 15 is 0 Å². The van der Waals surface area contributed by atoms with Crippen LogP contribution in [0, 0.1) is 24.4 Å². The summed E-state index contributed by atoms with van der Waals surface area (Å²) < 4.78 is 39.9. The van der Waals surface area contributed by atoms with E-state index in [1.54, 1.807) is 23.9 Å². The number of hydrogen-bond acceptors (Lipinski definition) is 7. The predicted octanol–water partition coefficient (Wildman–Crippen LogP) is 1.91. The zero-order valence-corrected chi connectivity index (χ0v) is 16.4. The molecule has 0 unspecified atom stereocenters. The first-order chi connectivity index (χ1) is 14.3. The van der Waals surface area contributed by atoms with E-state index in [1.807, 2.05) is 6.20 Å². The van der Waals surface area contributed by atoms with Gasteiger partial charge in [0.25, 0.3) is 0 Å². The number of amides is 1. The molecule has 3 N–H and O–H groups in total. The number of halogens is 3. The van der Waals surface area contributed by atoms with Crippen LogP contribution in [0.2, 0.25) is 0 Å². The second kappa shape index (κ2) is 7.82. The molecular weight excluding hydrogens is 399 g/mol. The Balaban J connectivity index is 1.41. The molecule has 1 amide bonds. The van der Waals surface area contributed by atoms with E-state index in [2.05, 4.69) is 26.0 Å². The van der Waals surface area contributed by atoms with Gasteiger partial charge in [-0.2, -0.15) is 4.98 Å². The van der Waals surface area contributed by atoms with E-state index in [0.717, 1.165) is 17.7 Å². The SMILES string of the molecule is Cc1nc(NCC2=CN(Cc3cc(F)c(F)c(F)c3)NC2)nc2c1NC(=O)CN2C. The summed E-state index contributed by atoms with van der Waals surface area (Å²) in [6, 6.07) is 1.95. The molecule has 11 heteroatoms. The van der Waals surface area contributed by atoms with Crippen LogP contribution in [0.25, 0.3) is 0 Å². The highest BCUT2D eigenvalue weighted by Gasteiger charge is 2.24. The lowest BCUT2D eigenvalue weighted by molar-refractivity contribution is -0.115. The standard InChI is InChI=1S/C19H20F3N7O/c1-10-17-18(28(2)9-15(30)26-17)27-19(25-10)23-5-12-6-24-29(8-12)7-11-3-13(20)16(22)14(21)4-11/h3-4,8,24H,5-7,9H2,1-2H3,(H,26,30)(H,23,25,27). The molecule has 0 saturated heterocycles. The summed E-state index contributed by atoms with van der Waals surface area (Å²) in [5.74, 6) is -2.94. The molecule has 0 atom stereocenters. The van der Waals surface area contributed by atoms with E-state index in [4.69, 9.17) is 0 Å². The smallest absolute Gasteiger partial charge is 0.244 e. The number of aryl methyl sites for hydroxylation is 1. The summed E-state index contributed by atoms with van der Waals surface area (Å²) in [4.78, 5) is 22.3. The molecular formula is C19H20F3N7O. The van der Waals surface area contributed by atoms with Crippen molar-refractivity contribution in [3.8, 4) is 0 Å². The van der Waals surface area contributed by atoms with Gasteiger partial charge in [-0.1, -0.05) is 0 Å². The van der Waals surface area contributed by atoms with Gasteiger partial charge in [-0.15, -0.1) is 0 Å². The molecule has 0 aliphatic carbocycles. The van der Waals surface area contributed by atoms with Crippen LogP contribution in [0.4, 0.5) is 30.6 Å². The summed E-state index contributed by atoms with van der Waals surface area (Å²) in [7, 11) is 1.79. The second-order valence-electron chi connectivity index (χ2n) is 7.21. The van der Waals surface area contributed by atoms with E-state index < -0.39 is 17.5 Å². The quantitative estimate of drug-likeness (QED) is 0.639. The van der Waals surface area contributed by atoms with Crippen LogP contribution in [0.15, 0.2) is 23.9 Å². The molecule has 1 aromatic carbocycles. The Hall–Kier alpha value is -3.34. The molecule has 0 saturated carbocycles. The minimum Gasteiger partial charge on any atom is -0.350 e. The van der Waals surface area contributed by atoms with Crippen molar-refractivity contribution in [1.29, 1.82) is 0 Å². The van der Waals surface area contributed by atoms with Gasteiger partial charge in [-0.25, -0.2) is 23.6 Å². The number of rotatable bonds is 5. The van der Waals surface area contributed by atoms with Crippen molar-refractivity contribution in [2.24, 2.45) is 0 Å². The fourth-order valence-electron chi connectivity index (χ4n) is 3.34. The number of aromatic nitrogens is 2. The number of nitrogens with zero attached hydrogens (tertiary/aromatic N) is 4. The third-order valence-corrected chi connectivity index (χ3v) is 4.80. The highest BCUT2D eigenvalue weighted by atomic mass is 19.2. The Bertz CT molecular complexity index is 1020. The number of hydrogen-bond donors (Lipinski definition) is 3. The average molecular weight is 419 g/mol. The maximum Gasteiger partial charge on any atom is 0.244 e.